The monoisotopic (exact) mass is 398 g/mol. The van der Waals surface area contributed by atoms with E-state index in [9.17, 15) is 9.59 Å². The Labute approximate surface area is 171 Å². The molecule has 0 unspecified atom stereocenters. The number of hydrogen-bond donors (Lipinski definition) is 1. The number of rotatable bonds is 8. The fourth-order valence-electron chi connectivity index (χ4n) is 3.59. The molecule has 1 saturated heterocycles. The zero-order valence-electron chi connectivity index (χ0n) is 16.5. The van der Waals surface area contributed by atoms with Crippen LogP contribution >= 0.6 is 11.6 Å². The van der Waals surface area contributed by atoms with Crippen molar-refractivity contribution in [1.29, 1.82) is 0 Å². The molecule has 2 aromatic rings. The van der Waals surface area contributed by atoms with Gasteiger partial charge in [0.25, 0.3) is 0 Å². The van der Waals surface area contributed by atoms with Gasteiger partial charge in [-0.3, -0.25) is 14.5 Å². The van der Waals surface area contributed by atoms with Gasteiger partial charge in [0.1, 0.15) is 0 Å². The number of likely N-dealkylation sites (tertiary alicyclic amines) is 1. The van der Waals surface area contributed by atoms with Gasteiger partial charge in [-0.05, 0) is 61.1 Å². The molecule has 0 saturated carbocycles. The molecular weight excluding hydrogens is 372 g/mol. The van der Waals surface area contributed by atoms with Gasteiger partial charge in [0.15, 0.2) is 0 Å². The molecule has 2 aromatic carbocycles. The van der Waals surface area contributed by atoms with Crippen LogP contribution in [0.5, 0.6) is 0 Å². The fourth-order valence-corrected chi connectivity index (χ4v) is 3.71. The van der Waals surface area contributed by atoms with E-state index in [0.717, 1.165) is 24.4 Å². The minimum Gasteiger partial charge on any atom is -0.306 e. The molecule has 4 nitrogen and oxygen atoms in total. The maximum Gasteiger partial charge on any atom is 0.229 e. The first kappa shape index (κ1) is 20.6. The molecule has 1 N–H and O–H groups in total. The summed E-state index contributed by atoms with van der Waals surface area (Å²) in [6.45, 7) is 5.58. The van der Waals surface area contributed by atoms with Crippen molar-refractivity contribution in [2.24, 2.45) is 0 Å². The molecule has 0 aromatic heterocycles. The number of hydrogen-bond acceptors (Lipinski definition) is 3. The highest BCUT2D eigenvalue weighted by atomic mass is 35.5. The Kier molecular flexibility index (Phi) is 6.87. The van der Waals surface area contributed by atoms with Gasteiger partial charge in [-0.1, -0.05) is 41.9 Å². The smallest absolute Gasteiger partial charge is 0.229 e. The van der Waals surface area contributed by atoms with Gasteiger partial charge in [0.2, 0.25) is 11.8 Å². The lowest BCUT2D eigenvalue weighted by molar-refractivity contribution is -0.138. The second-order valence-electron chi connectivity index (χ2n) is 7.46. The molecule has 3 rings (SSSR count). The van der Waals surface area contributed by atoms with Crippen LogP contribution in [-0.2, 0) is 22.6 Å². The molecule has 1 fully saturated rings. The summed E-state index contributed by atoms with van der Waals surface area (Å²) in [7, 11) is 0. The van der Waals surface area contributed by atoms with Gasteiger partial charge in [-0.25, -0.2) is 0 Å². The number of nitrogens with one attached hydrogen (secondary N) is 1. The summed E-state index contributed by atoms with van der Waals surface area (Å²) < 4.78 is 0. The Hall–Kier alpha value is -2.17. The Bertz CT molecular complexity index is 832. The SMILES string of the molecule is Cc1cc(CN[C@@H](C)c2ccc(Cl)cc2)ccc1CCCN1C(=O)CCC1=O. The van der Waals surface area contributed by atoms with E-state index in [1.807, 2.05) is 24.3 Å². The molecule has 0 bridgehead atoms. The highest BCUT2D eigenvalue weighted by molar-refractivity contribution is 6.30. The molecular formula is C23H27ClN2O2. The second-order valence-corrected chi connectivity index (χ2v) is 7.89. The average molecular weight is 399 g/mol. The van der Waals surface area contributed by atoms with Gasteiger partial charge >= 0.3 is 0 Å². The van der Waals surface area contributed by atoms with Crippen molar-refractivity contribution in [3.8, 4) is 0 Å². The van der Waals surface area contributed by atoms with Gasteiger partial charge in [-0.2, -0.15) is 0 Å². The van der Waals surface area contributed by atoms with Crippen LogP contribution in [0.4, 0.5) is 0 Å². The molecule has 5 heteroatoms. The summed E-state index contributed by atoms with van der Waals surface area (Å²) in [6.07, 6.45) is 2.42. The summed E-state index contributed by atoms with van der Waals surface area (Å²) in [6, 6.07) is 14.7. The normalized spacial score (nSPS) is 15.3. The molecule has 148 valence electrons. The topological polar surface area (TPSA) is 49.4 Å². The number of nitrogens with zero attached hydrogens (tertiary/aromatic N) is 1. The average Bonchev–Trinajstić information content (AvgIpc) is 3.00. The van der Waals surface area contributed by atoms with Crippen molar-refractivity contribution in [3.63, 3.8) is 0 Å². The van der Waals surface area contributed by atoms with Crippen LogP contribution in [0, 0.1) is 6.92 Å². The molecule has 1 heterocycles. The highest BCUT2D eigenvalue weighted by Gasteiger charge is 2.27. The number of halogens is 1. The summed E-state index contributed by atoms with van der Waals surface area (Å²) >= 11 is 5.95. The fraction of sp³-hybridized carbons (Fsp3) is 0.391. The van der Waals surface area contributed by atoms with Gasteiger partial charge in [0.05, 0.1) is 0 Å². The lowest BCUT2D eigenvalue weighted by Crippen LogP contribution is -2.30. The quantitative estimate of drug-likeness (QED) is 0.662. The minimum absolute atomic E-state index is 0.0297. The molecule has 0 spiro atoms. The number of imide groups is 1. The Morgan fingerprint density at radius 3 is 2.39 bits per heavy atom. The molecule has 28 heavy (non-hydrogen) atoms. The van der Waals surface area contributed by atoms with E-state index in [2.05, 4.69) is 37.4 Å². The first-order chi connectivity index (χ1) is 13.4. The van der Waals surface area contributed by atoms with E-state index < -0.39 is 0 Å². The standard InChI is InChI=1S/C23H27ClN2O2/c1-16-14-18(15-25-17(2)20-7-9-21(24)10-8-20)5-6-19(16)4-3-13-26-22(27)11-12-23(26)28/h5-10,14,17,25H,3-4,11-13,15H2,1-2H3/t17-/m0/s1. The van der Waals surface area contributed by atoms with E-state index in [0.29, 0.717) is 19.4 Å². The van der Waals surface area contributed by atoms with Gasteiger partial charge < -0.3 is 5.32 Å². The zero-order chi connectivity index (χ0) is 20.1. The van der Waals surface area contributed by atoms with Gasteiger partial charge in [-0.15, -0.1) is 0 Å². The summed E-state index contributed by atoms with van der Waals surface area (Å²) in [5, 5.41) is 4.30. The maximum absolute atomic E-state index is 11.7. The van der Waals surface area contributed by atoms with Crippen LogP contribution in [0.2, 0.25) is 5.02 Å². The minimum atomic E-state index is -0.0297. The Morgan fingerprint density at radius 2 is 1.75 bits per heavy atom. The molecule has 2 amide bonds. The third kappa shape index (κ3) is 5.21. The first-order valence-corrected chi connectivity index (χ1v) is 10.2. The largest absolute Gasteiger partial charge is 0.306 e. The molecule has 1 aliphatic heterocycles. The van der Waals surface area contributed by atoms with E-state index >= 15 is 0 Å². The van der Waals surface area contributed by atoms with Crippen LogP contribution in [0.15, 0.2) is 42.5 Å². The molecule has 0 radical (unpaired) electrons. The lowest BCUT2D eigenvalue weighted by Gasteiger charge is -2.16. The van der Waals surface area contributed by atoms with Crippen molar-refractivity contribution in [3.05, 3.63) is 69.7 Å². The number of amides is 2. The predicted octanol–water partition coefficient (Wildman–Crippen LogP) is 4.58. The molecule has 0 aliphatic carbocycles. The molecule has 1 aliphatic rings. The van der Waals surface area contributed by atoms with E-state index in [1.165, 1.54) is 27.2 Å². The van der Waals surface area contributed by atoms with Crippen molar-refractivity contribution in [1.82, 2.24) is 10.2 Å². The highest BCUT2D eigenvalue weighted by Crippen LogP contribution is 2.19. The Balaban J connectivity index is 1.50. The summed E-state index contributed by atoms with van der Waals surface area (Å²) in [5.41, 5.74) is 4.97. The maximum atomic E-state index is 11.7. The van der Waals surface area contributed by atoms with Crippen molar-refractivity contribution >= 4 is 23.4 Å². The third-order valence-corrected chi connectivity index (χ3v) is 5.62. The summed E-state index contributed by atoms with van der Waals surface area (Å²) in [4.78, 5) is 24.8. The number of carbonyl (C=O) groups is 2. The molecule has 1 atom stereocenters. The van der Waals surface area contributed by atoms with E-state index in [4.69, 9.17) is 11.6 Å². The Morgan fingerprint density at radius 1 is 1.07 bits per heavy atom. The van der Waals surface area contributed by atoms with Crippen LogP contribution in [0.1, 0.15) is 54.5 Å². The number of aryl methyl sites for hydroxylation is 2. The predicted molar refractivity (Wildman–Crippen MR) is 112 cm³/mol. The van der Waals surface area contributed by atoms with Crippen molar-refractivity contribution in [2.45, 2.75) is 52.1 Å². The van der Waals surface area contributed by atoms with Crippen LogP contribution < -0.4 is 5.32 Å². The first-order valence-electron chi connectivity index (χ1n) is 9.84. The summed E-state index contributed by atoms with van der Waals surface area (Å²) in [5.74, 6) is -0.0593. The van der Waals surface area contributed by atoms with E-state index in [-0.39, 0.29) is 17.9 Å². The number of carbonyl (C=O) groups excluding carboxylic acids is 2. The lowest BCUT2D eigenvalue weighted by atomic mass is 10.0. The van der Waals surface area contributed by atoms with Gasteiger partial charge in [0, 0.05) is 37.0 Å². The van der Waals surface area contributed by atoms with Crippen LogP contribution in [0.3, 0.4) is 0 Å². The third-order valence-electron chi connectivity index (χ3n) is 5.37. The second kappa shape index (κ2) is 9.35. The zero-order valence-corrected chi connectivity index (χ0v) is 17.3. The van der Waals surface area contributed by atoms with Crippen LogP contribution in [0.25, 0.3) is 0 Å². The van der Waals surface area contributed by atoms with Crippen molar-refractivity contribution in [2.75, 3.05) is 6.54 Å². The van der Waals surface area contributed by atoms with E-state index in [1.54, 1.807) is 0 Å². The van der Waals surface area contributed by atoms with Crippen LogP contribution in [-0.4, -0.2) is 23.3 Å². The van der Waals surface area contributed by atoms with Crippen molar-refractivity contribution < 1.29 is 9.59 Å². The number of benzene rings is 2.